The predicted molar refractivity (Wildman–Crippen MR) is 88.1 cm³/mol. The molecule has 1 fully saturated rings. The van der Waals surface area contributed by atoms with Crippen LogP contribution in [0.3, 0.4) is 0 Å². The smallest absolute Gasteiger partial charge is 0.241 e. The molecule has 4 unspecified atom stereocenters. The number of carbonyl (C=O) groups excluding carboxylic acids is 1. The van der Waals surface area contributed by atoms with Gasteiger partial charge in [0.1, 0.15) is 6.17 Å². The van der Waals surface area contributed by atoms with Crippen molar-refractivity contribution in [3.05, 3.63) is 22.4 Å². The van der Waals surface area contributed by atoms with Crippen molar-refractivity contribution in [2.24, 2.45) is 5.92 Å². The lowest BCUT2D eigenvalue weighted by Crippen LogP contribution is -2.40. The zero-order valence-corrected chi connectivity index (χ0v) is 14.3. The molecule has 1 aromatic rings. The molecule has 0 aromatic carbocycles. The predicted octanol–water partition coefficient (Wildman–Crippen LogP) is 3.34. The maximum absolute atomic E-state index is 12.8. The van der Waals surface area contributed by atoms with Gasteiger partial charge in [0.25, 0.3) is 0 Å². The number of amides is 1. The second-order valence-electron chi connectivity index (χ2n) is 5.50. The van der Waals surface area contributed by atoms with E-state index in [0.717, 1.165) is 12.2 Å². The highest BCUT2D eigenvalue weighted by atomic mass is 32.2. The summed E-state index contributed by atoms with van der Waals surface area (Å²) in [5.74, 6) is 1.61. The minimum atomic E-state index is -0.0450. The molecule has 1 amide bonds. The zero-order chi connectivity index (χ0) is 14.7. The Hall–Kier alpha value is -0.520. The monoisotopic (exact) mass is 312 g/mol. The number of thiophene rings is 1. The Morgan fingerprint density at radius 2 is 2.25 bits per heavy atom. The molecule has 0 saturated carbocycles. The molecule has 0 bridgehead atoms. The molecule has 0 radical (unpaired) electrons. The van der Waals surface area contributed by atoms with Gasteiger partial charge in [0, 0.05) is 16.7 Å². The number of rotatable bonds is 6. The summed E-state index contributed by atoms with van der Waals surface area (Å²) in [6, 6.07) is 4.38. The van der Waals surface area contributed by atoms with Gasteiger partial charge in [0.05, 0.1) is 6.04 Å². The molecule has 1 aliphatic heterocycles. The summed E-state index contributed by atoms with van der Waals surface area (Å²) in [6.07, 6.45) is 3.16. The Kier molecular flexibility index (Phi) is 5.52. The second kappa shape index (κ2) is 6.96. The SMILES string of the molecule is CCC(C)C1NC(c2cccs2)N(C(C)CSC)C1=O. The van der Waals surface area contributed by atoms with Gasteiger partial charge in [-0.3, -0.25) is 10.1 Å². The number of carbonyl (C=O) groups is 1. The number of hydrogen-bond donors (Lipinski definition) is 1. The van der Waals surface area contributed by atoms with Crippen LogP contribution >= 0.6 is 23.1 Å². The van der Waals surface area contributed by atoms with Crippen LogP contribution in [0.4, 0.5) is 0 Å². The first kappa shape index (κ1) is 15.9. The van der Waals surface area contributed by atoms with Gasteiger partial charge in [-0.25, -0.2) is 0 Å². The van der Waals surface area contributed by atoms with Crippen molar-refractivity contribution < 1.29 is 4.79 Å². The average Bonchev–Trinajstić information content (AvgIpc) is 3.05. The fraction of sp³-hybridized carbons (Fsp3) is 0.667. The van der Waals surface area contributed by atoms with Crippen molar-refractivity contribution >= 4 is 29.0 Å². The van der Waals surface area contributed by atoms with E-state index in [1.807, 2.05) is 0 Å². The van der Waals surface area contributed by atoms with Gasteiger partial charge in [-0.2, -0.15) is 11.8 Å². The van der Waals surface area contributed by atoms with E-state index >= 15 is 0 Å². The molecule has 5 heteroatoms. The van der Waals surface area contributed by atoms with Crippen molar-refractivity contribution in [3.8, 4) is 0 Å². The summed E-state index contributed by atoms with van der Waals surface area (Å²) in [4.78, 5) is 16.1. The van der Waals surface area contributed by atoms with Gasteiger partial charge < -0.3 is 4.90 Å². The van der Waals surface area contributed by atoms with Crippen LogP contribution < -0.4 is 5.32 Å². The number of nitrogens with one attached hydrogen (secondary N) is 1. The lowest BCUT2D eigenvalue weighted by Gasteiger charge is -2.29. The first-order valence-corrected chi connectivity index (χ1v) is 9.48. The summed E-state index contributed by atoms with van der Waals surface area (Å²) < 4.78 is 0. The van der Waals surface area contributed by atoms with Crippen molar-refractivity contribution in [1.29, 1.82) is 0 Å². The second-order valence-corrected chi connectivity index (χ2v) is 7.39. The van der Waals surface area contributed by atoms with Crippen LogP contribution in [0.5, 0.6) is 0 Å². The highest BCUT2D eigenvalue weighted by molar-refractivity contribution is 7.98. The molecule has 1 aliphatic rings. The average molecular weight is 313 g/mol. The van der Waals surface area contributed by atoms with E-state index in [1.165, 1.54) is 4.88 Å². The minimum absolute atomic E-state index is 0.0450. The lowest BCUT2D eigenvalue weighted by atomic mass is 9.99. The van der Waals surface area contributed by atoms with Gasteiger partial charge in [-0.15, -0.1) is 11.3 Å². The zero-order valence-electron chi connectivity index (χ0n) is 12.6. The summed E-state index contributed by atoms with van der Waals surface area (Å²) in [5, 5.41) is 5.64. The largest absolute Gasteiger partial charge is 0.317 e. The quantitative estimate of drug-likeness (QED) is 0.874. The van der Waals surface area contributed by atoms with E-state index in [-0.39, 0.29) is 24.2 Å². The van der Waals surface area contributed by atoms with Crippen molar-refractivity contribution in [2.75, 3.05) is 12.0 Å². The Morgan fingerprint density at radius 3 is 2.80 bits per heavy atom. The third-order valence-corrected chi connectivity index (χ3v) is 5.78. The molecule has 4 atom stereocenters. The van der Waals surface area contributed by atoms with Gasteiger partial charge in [-0.05, 0) is 30.5 Å². The van der Waals surface area contributed by atoms with Gasteiger partial charge in [0.2, 0.25) is 5.91 Å². The third kappa shape index (κ3) is 3.05. The topological polar surface area (TPSA) is 32.3 Å². The molecule has 0 spiro atoms. The molecule has 1 aromatic heterocycles. The first-order chi connectivity index (χ1) is 9.60. The van der Waals surface area contributed by atoms with Crippen molar-refractivity contribution in [3.63, 3.8) is 0 Å². The van der Waals surface area contributed by atoms with Crippen molar-refractivity contribution in [2.45, 2.75) is 45.4 Å². The van der Waals surface area contributed by atoms with Crippen LogP contribution in [0, 0.1) is 5.92 Å². The summed E-state index contributed by atoms with van der Waals surface area (Å²) >= 11 is 3.51. The summed E-state index contributed by atoms with van der Waals surface area (Å²) in [6.45, 7) is 6.45. The number of hydrogen-bond acceptors (Lipinski definition) is 4. The lowest BCUT2D eigenvalue weighted by molar-refractivity contribution is -0.132. The Balaban J connectivity index is 2.25. The third-order valence-electron chi connectivity index (χ3n) is 4.04. The molecule has 0 aliphatic carbocycles. The van der Waals surface area contributed by atoms with E-state index in [1.54, 1.807) is 23.1 Å². The summed E-state index contributed by atoms with van der Waals surface area (Å²) in [7, 11) is 0. The van der Waals surface area contributed by atoms with E-state index in [2.05, 4.69) is 54.8 Å². The van der Waals surface area contributed by atoms with E-state index in [9.17, 15) is 4.79 Å². The molecule has 1 saturated heterocycles. The number of thioether (sulfide) groups is 1. The molecular weight excluding hydrogens is 288 g/mol. The van der Waals surface area contributed by atoms with Crippen LogP contribution in [0.15, 0.2) is 17.5 Å². The fourth-order valence-electron chi connectivity index (χ4n) is 2.71. The first-order valence-electron chi connectivity index (χ1n) is 7.20. The molecular formula is C15H24N2OS2. The van der Waals surface area contributed by atoms with Crippen LogP contribution in [0.1, 0.15) is 38.2 Å². The maximum Gasteiger partial charge on any atom is 0.241 e. The normalized spacial score (nSPS) is 26.0. The van der Waals surface area contributed by atoms with Crippen molar-refractivity contribution in [1.82, 2.24) is 10.2 Å². The van der Waals surface area contributed by atoms with Crippen LogP contribution in [0.25, 0.3) is 0 Å². The molecule has 2 heterocycles. The van der Waals surface area contributed by atoms with Gasteiger partial charge >= 0.3 is 0 Å². The maximum atomic E-state index is 12.8. The van der Waals surface area contributed by atoms with E-state index in [4.69, 9.17) is 0 Å². The molecule has 1 N–H and O–H groups in total. The molecule has 20 heavy (non-hydrogen) atoms. The molecule has 112 valence electrons. The highest BCUT2D eigenvalue weighted by Crippen LogP contribution is 2.33. The highest BCUT2D eigenvalue weighted by Gasteiger charge is 2.43. The van der Waals surface area contributed by atoms with Crippen LogP contribution in [0.2, 0.25) is 0 Å². The Bertz CT molecular complexity index is 435. The number of nitrogens with zero attached hydrogens (tertiary/aromatic N) is 1. The fourth-order valence-corrected chi connectivity index (χ4v) is 4.14. The summed E-state index contributed by atoms with van der Waals surface area (Å²) in [5.41, 5.74) is 0. The van der Waals surface area contributed by atoms with Crippen LogP contribution in [-0.4, -0.2) is 34.9 Å². The molecule has 3 nitrogen and oxygen atoms in total. The standard InChI is InChI=1S/C15H24N2OS2/c1-5-10(2)13-15(18)17(11(3)9-19-4)14(16-13)12-7-6-8-20-12/h6-8,10-11,13-14,16H,5,9H2,1-4H3. The van der Waals surface area contributed by atoms with Gasteiger partial charge in [-0.1, -0.05) is 26.3 Å². The van der Waals surface area contributed by atoms with Gasteiger partial charge in [0.15, 0.2) is 0 Å². The minimum Gasteiger partial charge on any atom is -0.317 e. The Morgan fingerprint density at radius 1 is 1.50 bits per heavy atom. The van der Waals surface area contributed by atoms with Crippen LogP contribution in [-0.2, 0) is 4.79 Å². The Labute approximate surface area is 130 Å². The van der Waals surface area contributed by atoms with E-state index < -0.39 is 0 Å². The van der Waals surface area contributed by atoms with E-state index in [0.29, 0.717) is 5.92 Å². The molecule has 2 rings (SSSR count).